The second-order valence-corrected chi connectivity index (χ2v) is 5.10. The first kappa shape index (κ1) is 14.9. The third kappa shape index (κ3) is 5.36. The average Bonchev–Trinajstić information content (AvgIpc) is 2.38. The van der Waals surface area contributed by atoms with Crippen molar-refractivity contribution in [2.24, 2.45) is 0 Å². The second kappa shape index (κ2) is 8.90. The summed E-state index contributed by atoms with van der Waals surface area (Å²) in [6.45, 7) is 8.90. The largest absolute Gasteiger partial charge is 0.383 e. The zero-order valence-electron chi connectivity index (χ0n) is 11.9. The fraction of sp³-hybridized carbons (Fsp3) is 1.00. The van der Waals surface area contributed by atoms with Gasteiger partial charge >= 0.3 is 0 Å². The van der Waals surface area contributed by atoms with Gasteiger partial charge in [0.05, 0.1) is 6.61 Å². The third-order valence-electron chi connectivity index (χ3n) is 3.91. The van der Waals surface area contributed by atoms with Crippen molar-refractivity contribution in [1.29, 1.82) is 0 Å². The molecule has 0 aliphatic carbocycles. The van der Waals surface area contributed by atoms with Gasteiger partial charge in [0.2, 0.25) is 0 Å². The van der Waals surface area contributed by atoms with E-state index in [4.69, 9.17) is 4.74 Å². The van der Waals surface area contributed by atoms with Crippen molar-refractivity contribution in [2.45, 2.75) is 58.0 Å². The molecule has 0 radical (unpaired) electrons. The Kier molecular flexibility index (Phi) is 7.82. The van der Waals surface area contributed by atoms with E-state index in [1.807, 2.05) is 0 Å². The van der Waals surface area contributed by atoms with Crippen molar-refractivity contribution < 1.29 is 4.74 Å². The van der Waals surface area contributed by atoms with E-state index in [2.05, 4.69) is 24.1 Å². The minimum absolute atomic E-state index is 0.696. The van der Waals surface area contributed by atoms with Crippen molar-refractivity contribution in [3.63, 3.8) is 0 Å². The van der Waals surface area contributed by atoms with Crippen molar-refractivity contribution in [1.82, 2.24) is 10.2 Å². The molecule has 1 N–H and O–H groups in total. The first-order valence-corrected chi connectivity index (χ1v) is 7.28. The van der Waals surface area contributed by atoms with Crippen LogP contribution in [-0.2, 0) is 4.74 Å². The third-order valence-corrected chi connectivity index (χ3v) is 3.91. The van der Waals surface area contributed by atoms with Gasteiger partial charge in [-0.1, -0.05) is 20.3 Å². The lowest BCUT2D eigenvalue weighted by molar-refractivity contribution is 0.103. The molecule has 3 nitrogen and oxygen atoms in total. The summed E-state index contributed by atoms with van der Waals surface area (Å²) in [5.74, 6) is 0. The van der Waals surface area contributed by atoms with Crippen molar-refractivity contribution in [2.75, 3.05) is 33.4 Å². The van der Waals surface area contributed by atoms with Crippen LogP contribution >= 0.6 is 0 Å². The summed E-state index contributed by atoms with van der Waals surface area (Å²) in [6, 6.07) is 1.41. The number of hydrogen-bond donors (Lipinski definition) is 1. The average molecular weight is 242 g/mol. The van der Waals surface area contributed by atoms with Crippen LogP contribution in [0.2, 0.25) is 0 Å². The molecule has 1 saturated heterocycles. The summed E-state index contributed by atoms with van der Waals surface area (Å²) in [7, 11) is 1.80. The van der Waals surface area contributed by atoms with Crippen LogP contribution < -0.4 is 5.32 Å². The number of nitrogens with one attached hydrogen (secondary N) is 1. The van der Waals surface area contributed by atoms with Crippen LogP contribution in [0.3, 0.4) is 0 Å². The van der Waals surface area contributed by atoms with Gasteiger partial charge in [-0.15, -0.1) is 0 Å². The van der Waals surface area contributed by atoms with Gasteiger partial charge < -0.3 is 10.1 Å². The molecule has 1 aliphatic rings. The second-order valence-electron chi connectivity index (χ2n) is 5.10. The Balaban J connectivity index is 2.42. The lowest BCUT2D eigenvalue weighted by Crippen LogP contribution is -2.48. The number of hydrogen-bond acceptors (Lipinski definition) is 3. The highest BCUT2D eigenvalue weighted by Crippen LogP contribution is 2.13. The van der Waals surface area contributed by atoms with Crippen LogP contribution in [0, 0.1) is 0 Å². The molecule has 17 heavy (non-hydrogen) atoms. The molecule has 1 aliphatic heterocycles. The van der Waals surface area contributed by atoms with E-state index in [0.717, 1.165) is 13.2 Å². The lowest BCUT2D eigenvalue weighted by atomic mass is 10.0. The smallest absolute Gasteiger partial charge is 0.0589 e. The molecule has 0 aromatic rings. The van der Waals surface area contributed by atoms with Gasteiger partial charge in [-0.25, -0.2) is 0 Å². The van der Waals surface area contributed by atoms with Gasteiger partial charge in [0.25, 0.3) is 0 Å². The topological polar surface area (TPSA) is 24.5 Å². The van der Waals surface area contributed by atoms with Crippen LogP contribution in [0.5, 0.6) is 0 Å². The number of rotatable bonds is 8. The molecule has 0 aromatic heterocycles. The Morgan fingerprint density at radius 1 is 1.29 bits per heavy atom. The Hall–Kier alpha value is -0.120. The van der Waals surface area contributed by atoms with Crippen LogP contribution in [0.1, 0.15) is 46.0 Å². The molecule has 0 aromatic carbocycles. The molecule has 0 amide bonds. The minimum atomic E-state index is 0.696. The highest BCUT2D eigenvalue weighted by atomic mass is 16.5. The molecule has 102 valence electrons. The van der Waals surface area contributed by atoms with Gasteiger partial charge in [-0.05, 0) is 32.2 Å². The number of piperidine rings is 1. The van der Waals surface area contributed by atoms with E-state index in [9.17, 15) is 0 Å². The van der Waals surface area contributed by atoms with Crippen LogP contribution in [0.25, 0.3) is 0 Å². The lowest BCUT2D eigenvalue weighted by Gasteiger charge is -2.35. The van der Waals surface area contributed by atoms with E-state index in [1.54, 1.807) is 7.11 Å². The highest BCUT2D eigenvalue weighted by molar-refractivity contribution is 4.79. The predicted molar refractivity (Wildman–Crippen MR) is 73.5 cm³/mol. The maximum atomic E-state index is 5.24. The number of nitrogens with zero attached hydrogens (tertiary/aromatic N) is 1. The molecule has 0 saturated carbocycles. The normalized spacial score (nSPS) is 21.4. The van der Waals surface area contributed by atoms with Gasteiger partial charge in [0.15, 0.2) is 0 Å². The summed E-state index contributed by atoms with van der Waals surface area (Å²) < 4.78 is 5.24. The van der Waals surface area contributed by atoms with Gasteiger partial charge in [-0.2, -0.15) is 0 Å². The standard InChI is InChI=1S/C14H30N2O/c1-4-14(5-2)16(10-11-17-3)12-13-8-6-7-9-15-13/h13-15H,4-12H2,1-3H3. The molecule has 1 rings (SSSR count). The van der Waals surface area contributed by atoms with Gasteiger partial charge in [0.1, 0.15) is 0 Å². The highest BCUT2D eigenvalue weighted by Gasteiger charge is 2.20. The fourth-order valence-corrected chi connectivity index (χ4v) is 2.80. The Morgan fingerprint density at radius 2 is 2.06 bits per heavy atom. The molecular weight excluding hydrogens is 212 g/mol. The molecule has 1 atom stereocenters. The molecule has 3 heteroatoms. The van der Waals surface area contributed by atoms with E-state index < -0.39 is 0 Å². The summed E-state index contributed by atoms with van der Waals surface area (Å²) in [5, 5.41) is 3.65. The molecule has 1 fully saturated rings. The van der Waals surface area contributed by atoms with Crippen molar-refractivity contribution in [3.8, 4) is 0 Å². The molecular formula is C14H30N2O. The predicted octanol–water partition coefficient (Wildman–Crippen LogP) is 2.27. The first-order chi connectivity index (χ1) is 8.31. The Bertz CT molecular complexity index is 177. The van der Waals surface area contributed by atoms with Crippen LogP contribution in [0.15, 0.2) is 0 Å². The van der Waals surface area contributed by atoms with Crippen molar-refractivity contribution in [3.05, 3.63) is 0 Å². The fourth-order valence-electron chi connectivity index (χ4n) is 2.80. The Morgan fingerprint density at radius 3 is 2.59 bits per heavy atom. The van der Waals surface area contributed by atoms with Crippen LogP contribution in [-0.4, -0.2) is 50.3 Å². The number of ether oxygens (including phenoxy) is 1. The summed E-state index contributed by atoms with van der Waals surface area (Å²) in [5.41, 5.74) is 0. The summed E-state index contributed by atoms with van der Waals surface area (Å²) in [6.07, 6.45) is 6.56. The molecule has 1 unspecified atom stereocenters. The maximum Gasteiger partial charge on any atom is 0.0589 e. The van der Waals surface area contributed by atoms with E-state index in [0.29, 0.717) is 12.1 Å². The SMILES string of the molecule is CCC(CC)N(CCOC)CC1CCCCN1. The zero-order valence-corrected chi connectivity index (χ0v) is 11.9. The van der Waals surface area contributed by atoms with E-state index in [-0.39, 0.29) is 0 Å². The number of methoxy groups -OCH3 is 1. The van der Waals surface area contributed by atoms with Gasteiger partial charge in [0, 0.05) is 32.3 Å². The Labute approximate surface area is 107 Å². The molecule has 0 spiro atoms. The molecule has 1 heterocycles. The van der Waals surface area contributed by atoms with Gasteiger partial charge in [-0.3, -0.25) is 4.90 Å². The molecule has 0 bridgehead atoms. The summed E-state index contributed by atoms with van der Waals surface area (Å²) in [4.78, 5) is 2.62. The zero-order chi connectivity index (χ0) is 12.5. The van der Waals surface area contributed by atoms with E-state index >= 15 is 0 Å². The monoisotopic (exact) mass is 242 g/mol. The van der Waals surface area contributed by atoms with Crippen LogP contribution in [0.4, 0.5) is 0 Å². The first-order valence-electron chi connectivity index (χ1n) is 7.28. The summed E-state index contributed by atoms with van der Waals surface area (Å²) >= 11 is 0. The van der Waals surface area contributed by atoms with Crippen molar-refractivity contribution >= 4 is 0 Å². The van der Waals surface area contributed by atoms with E-state index in [1.165, 1.54) is 45.2 Å². The minimum Gasteiger partial charge on any atom is -0.383 e. The maximum absolute atomic E-state index is 5.24. The quantitative estimate of drug-likeness (QED) is 0.706.